The average Bonchev–Trinajstić information content (AvgIpc) is 3.06. The van der Waals surface area contributed by atoms with Gasteiger partial charge in [-0.15, -0.1) is 10.2 Å². The summed E-state index contributed by atoms with van der Waals surface area (Å²) >= 11 is 0. The molecule has 0 aliphatic carbocycles. The van der Waals surface area contributed by atoms with Crippen LogP contribution in [0, 0.1) is 0 Å². The standard InChI is InChI=1S/C16H20N6O/c23-16(12-3-5-17-6-4-12)21-8-1-2-13(11-21)15-20-19-14-10-18-7-9-22(14)15/h3-6,13,18H,1-2,7-11H2. The van der Waals surface area contributed by atoms with E-state index in [1.165, 1.54) is 0 Å². The maximum atomic E-state index is 12.6. The molecule has 1 saturated heterocycles. The van der Waals surface area contributed by atoms with Gasteiger partial charge in [-0.05, 0) is 25.0 Å². The Morgan fingerprint density at radius 3 is 2.96 bits per heavy atom. The minimum atomic E-state index is 0.0807. The fourth-order valence-electron chi connectivity index (χ4n) is 3.47. The lowest BCUT2D eigenvalue weighted by Crippen LogP contribution is -2.40. The molecular weight excluding hydrogens is 292 g/mol. The van der Waals surface area contributed by atoms with Gasteiger partial charge in [0, 0.05) is 50.1 Å². The minimum Gasteiger partial charge on any atom is -0.338 e. The van der Waals surface area contributed by atoms with Crippen LogP contribution in [0.3, 0.4) is 0 Å². The van der Waals surface area contributed by atoms with E-state index in [1.54, 1.807) is 24.5 Å². The Bertz CT molecular complexity index is 698. The van der Waals surface area contributed by atoms with Crippen LogP contribution in [-0.4, -0.2) is 50.2 Å². The Morgan fingerprint density at radius 1 is 1.22 bits per heavy atom. The van der Waals surface area contributed by atoms with Crippen molar-refractivity contribution in [1.82, 2.24) is 30.0 Å². The smallest absolute Gasteiger partial charge is 0.253 e. The van der Waals surface area contributed by atoms with E-state index in [0.717, 1.165) is 50.7 Å². The third-order valence-electron chi connectivity index (χ3n) is 4.65. The van der Waals surface area contributed by atoms with Gasteiger partial charge in [0.1, 0.15) is 11.6 Å². The lowest BCUT2D eigenvalue weighted by atomic mass is 9.96. The number of hydrogen-bond acceptors (Lipinski definition) is 5. The van der Waals surface area contributed by atoms with Crippen LogP contribution in [0.4, 0.5) is 0 Å². The van der Waals surface area contributed by atoms with Gasteiger partial charge < -0.3 is 14.8 Å². The maximum absolute atomic E-state index is 12.6. The lowest BCUT2D eigenvalue weighted by Gasteiger charge is -2.33. The molecule has 4 rings (SSSR count). The number of fused-ring (bicyclic) bond motifs is 1. The molecule has 1 fully saturated rings. The number of carbonyl (C=O) groups is 1. The summed E-state index contributed by atoms with van der Waals surface area (Å²) < 4.78 is 2.22. The topological polar surface area (TPSA) is 75.9 Å². The monoisotopic (exact) mass is 312 g/mol. The average molecular weight is 312 g/mol. The number of likely N-dealkylation sites (tertiary alicyclic amines) is 1. The van der Waals surface area contributed by atoms with Crippen LogP contribution in [-0.2, 0) is 13.1 Å². The third kappa shape index (κ3) is 2.72. The van der Waals surface area contributed by atoms with Crippen LogP contribution < -0.4 is 5.32 Å². The van der Waals surface area contributed by atoms with Gasteiger partial charge in [-0.1, -0.05) is 0 Å². The lowest BCUT2D eigenvalue weighted by molar-refractivity contribution is 0.0703. The highest BCUT2D eigenvalue weighted by Crippen LogP contribution is 2.27. The van der Waals surface area contributed by atoms with Gasteiger partial charge in [0.25, 0.3) is 5.91 Å². The van der Waals surface area contributed by atoms with Crippen LogP contribution in [0.25, 0.3) is 0 Å². The number of amides is 1. The molecular formula is C16H20N6O. The van der Waals surface area contributed by atoms with Gasteiger partial charge >= 0.3 is 0 Å². The Kier molecular flexibility index (Phi) is 3.78. The van der Waals surface area contributed by atoms with Crippen molar-refractivity contribution in [3.63, 3.8) is 0 Å². The number of piperidine rings is 1. The van der Waals surface area contributed by atoms with E-state index in [9.17, 15) is 4.79 Å². The Hall–Kier alpha value is -2.28. The van der Waals surface area contributed by atoms with Crippen molar-refractivity contribution in [1.29, 1.82) is 0 Å². The Morgan fingerprint density at radius 2 is 2.09 bits per heavy atom. The summed E-state index contributed by atoms with van der Waals surface area (Å²) in [5.41, 5.74) is 0.702. The maximum Gasteiger partial charge on any atom is 0.253 e. The SMILES string of the molecule is O=C(c1ccncc1)N1CCCC(c2nnc3n2CCNC3)C1. The van der Waals surface area contributed by atoms with E-state index >= 15 is 0 Å². The first-order valence-electron chi connectivity index (χ1n) is 8.15. The fourth-order valence-corrected chi connectivity index (χ4v) is 3.47. The number of nitrogens with one attached hydrogen (secondary N) is 1. The molecule has 0 aromatic carbocycles. The van der Waals surface area contributed by atoms with Gasteiger partial charge in [0.15, 0.2) is 0 Å². The van der Waals surface area contributed by atoms with Gasteiger partial charge in [0.2, 0.25) is 0 Å². The first-order valence-corrected chi connectivity index (χ1v) is 8.15. The van der Waals surface area contributed by atoms with Crippen molar-refractivity contribution in [3.05, 3.63) is 41.7 Å². The van der Waals surface area contributed by atoms with Crippen molar-refractivity contribution in [3.8, 4) is 0 Å². The number of pyridine rings is 1. The second-order valence-corrected chi connectivity index (χ2v) is 6.13. The molecule has 1 amide bonds. The van der Waals surface area contributed by atoms with Crippen molar-refractivity contribution in [2.45, 2.75) is 31.8 Å². The molecule has 120 valence electrons. The molecule has 1 unspecified atom stereocenters. The largest absolute Gasteiger partial charge is 0.338 e. The number of aromatic nitrogens is 4. The zero-order valence-corrected chi connectivity index (χ0v) is 13.0. The highest BCUT2D eigenvalue weighted by Gasteiger charge is 2.30. The van der Waals surface area contributed by atoms with E-state index in [0.29, 0.717) is 12.1 Å². The zero-order chi connectivity index (χ0) is 15.6. The summed E-state index contributed by atoms with van der Waals surface area (Å²) in [5, 5.41) is 12.0. The molecule has 2 aliphatic heterocycles. The number of carbonyl (C=O) groups excluding carboxylic acids is 1. The fraction of sp³-hybridized carbons (Fsp3) is 0.500. The van der Waals surface area contributed by atoms with Crippen LogP contribution in [0.15, 0.2) is 24.5 Å². The van der Waals surface area contributed by atoms with Crippen LogP contribution in [0.1, 0.15) is 40.8 Å². The third-order valence-corrected chi connectivity index (χ3v) is 4.65. The number of rotatable bonds is 2. The molecule has 0 saturated carbocycles. The van der Waals surface area contributed by atoms with Gasteiger partial charge in [-0.3, -0.25) is 9.78 Å². The van der Waals surface area contributed by atoms with E-state index in [1.807, 2.05) is 4.90 Å². The molecule has 7 heteroatoms. The molecule has 2 aromatic rings. The van der Waals surface area contributed by atoms with Gasteiger partial charge in [0.05, 0.1) is 6.54 Å². The van der Waals surface area contributed by atoms with Crippen molar-refractivity contribution in [2.75, 3.05) is 19.6 Å². The van der Waals surface area contributed by atoms with Crippen LogP contribution >= 0.6 is 0 Å². The first kappa shape index (κ1) is 14.3. The van der Waals surface area contributed by atoms with Crippen LogP contribution in [0.5, 0.6) is 0 Å². The Labute approximate surface area is 134 Å². The molecule has 4 heterocycles. The molecule has 0 spiro atoms. The highest BCUT2D eigenvalue weighted by molar-refractivity contribution is 5.94. The molecule has 0 bridgehead atoms. The van der Waals surface area contributed by atoms with Crippen molar-refractivity contribution in [2.24, 2.45) is 0 Å². The number of nitrogens with zero attached hydrogens (tertiary/aromatic N) is 5. The zero-order valence-electron chi connectivity index (χ0n) is 13.0. The van der Waals surface area contributed by atoms with E-state index in [4.69, 9.17) is 0 Å². The normalized spacial score (nSPS) is 21.0. The minimum absolute atomic E-state index is 0.0807. The first-order chi connectivity index (χ1) is 11.3. The second kappa shape index (κ2) is 6.08. The second-order valence-electron chi connectivity index (χ2n) is 6.13. The number of hydrogen-bond donors (Lipinski definition) is 1. The summed E-state index contributed by atoms with van der Waals surface area (Å²) in [4.78, 5) is 18.6. The predicted molar refractivity (Wildman–Crippen MR) is 83.8 cm³/mol. The summed E-state index contributed by atoms with van der Waals surface area (Å²) in [7, 11) is 0. The van der Waals surface area contributed by atoms with Gasteiger partial charge in [-0.2, -0.15) is 0 Å². The molecule has 1 atom stereocenters. The molecule has 0 radical (unpaired) electrons. The van der Waals surface area contributed by atoms with E-state index in [-0.39, 0.29) is 11.8 Å². The predicted octanol–water partition coefficient (Wildman–Crippen LogP) is 0.796. The molecule has 23 heavy (non-hydrogen) atoms. The quantitative estimate of drug-likeness (QED) is 0.887. The summed E-state index contributed by atoms with van der Waals surface area (Å²) in [6.45, 7) is 4.16. The van der Waals surface area contributed by atoms with Gasteiger partial charge in [-0.25, -0.2) is 0 Å². The molecule has 2 aromatic heterocycles. The summed E-state index contributed by atoms with van der Waals surface area (Å²) in [6, 6.07) is 3.55. The molecule has 2 aliphatic rings. The van der Waals surface area contributed by atoms with Crippen molar-refractivity contribution < 1.29 is 4.79 Å². The van der Waals surface area contributed by atoms with E-state index < -0.39 is 0 Å². The summed E-state index contributed by atoms with van der Waals surface area (Å²) in [5.74, 6) is 2.39. The van der Waals surface area contributed by atoms with E-state index in [2.05, 4.69) is 25.1 Å². The summed E-state index contributed by atoms with van der Waals surface area (Å²) in [6.07, 6.45) is 5.39. The van der Waals surface area contributed by atoms with Crippen LogP contribution in [0.2, 0.25) is 0 Å². The molecule has 7 nitrogen and oxygen atoms in total. The Balaban J connectivity index is 1.53. The highest BCUT2D eigenvalue weighted by atomic mass is 16.2. The van der Waals surface area contributed by atoms with Crippen molar-refractivity contribution >= 4 is 5.91 Å². The molecule has 1 N–H and O–H groups in total.